The number of aryl methyl sites for hydroxylation is 1. The van der Waals surface area contributed by atoms with Crippen LogP contribution in [0.5, 0.6) is 0 Å². The van der Waals surface area contributed by atoms with Gasteiger partial charge in [0.05, 0.1) is 17.6 Å². The number of nitrogens with one attached hydrogen (secondary N) is 1. The third kappa shape index (κ3) is 7.90. The van der Waals surface area contributed by atoms with E-state index in [4.69, 9.17) is 9.15 Å². The van der Waals surface area contributed by atoms with E-state index in [0.29, 0.717) is 24.2 Å². The average molecular weight is 561 g/mol. The van der Waals surface area contributed by atoms with Crippen LogP contribution in [0.1, 0.15) is 60.1 Å². The molecule has 0 spiro atoms. The van der Waals surface area contributed by atoms with Crippen LogP contribution in [0.15, 0.2) is 65.3 Å². The lowest BCUT2D eigenvalue weighted by molar-refractivity contribution is 0.0295. The molecule has 1 fully saturated rings. The Morgan fingerprint density at radius 2 is 1.63 bits per heavy atom. The molecule has 41 heavy (non-hydrogen) atoms. The number of furan rings is 1. The Hall–Kier alpha value is -4.27. The molecule has 3 aromatic rings. The van der Waals surface area contributed by atoms with Crippen LogP contribution in [0.4, 0.5) is 21.9 Å². The molecule has 9 heteroatoms. The minimum atomic E-state index is -0.577. The molecule has 218 valence electrons. The Bertz CT molecular complexity index is 1350. The van der Waals surface area contributed by atoms with Gasteiger partial charge in [0.25, 0.3) is 5.91 Å². The van der Waals surface area contributed by atoms with E-state index in [0.717, 1.165) is 31.9 Å². The molecule has 1 aliphatic heterocycles. The number of Topliss-reactive ketones (excluding diaryl/α,β-unsaturated/α-hetero) is 1. The number of amides is 2. The lowest BCUT2D eigenvalue weighted by Crippen LogP contribution is -2.47. The van der Waals surface area contributed by atoms with Crippen molar-refractivity contribution >= 4 is 34.8 Å². The summed E-state index contributed by atoms with van der Waals surface area (Å²) in [5.41, 5.74) is 3.82. The smallest absolute Gasteiger partial charge is 0.410 e. The lowest BCUT2D eigenvalue weighted by atomic mass is 10.0. The number of ketones is 1. The van der Waals surface area contributed by atoms with Crippen LogP contribution in [0.3, 0.4) is 0 Å². The highest BCUT2D eigenvalue weighted by molar-refractivity contribution is 6.06. The van der Waals surface area contributed by atoms with Gasteiger partial charge in [-0.1, -0.05) is 18.2 Å². The van der Waals surface area contributed by atoms with E-state index in [1.807, 2.05) is 39.0 Å². The number of ether oxygens (including phenoxy) is 1. The minimum absolute atomic E-state index is 0.0630. The first-order valence-electron chi connectivity index (χ1n) is 14.0. The van der Waals surface area contributed by atoms with E-state index in [2.05, 4.69) is 40.2 Å². The van der Waals surface area contributed by atoms with Crippen molar-refractivity contribution in [3.63, 3.8) is 0 Å². The topological polar surface area (TPSA) is 95.3 Å². The molecule has 1 aromatic heterocycles. The van der Waals surface area contributed by atoms with Gasteiger partial charge in [-0.2, -0.15) is 0 Å². The van der Waals surface area contributed by atoms with Crippen molar-refractivity contribution in [2.45, 2.75) is 46.1 Å². The molecule has 0 bridgehead atoms. The molecule has 1 aliphatic rings. The van der Waals surface area contributed by atoms with E-state index < -0.39 is 11.7 Å². The molecule has 2 amide bonds. The van der Waals surface area contributed by atoms with Crippen molar-refractivity contribution in [1.82, 2.24) is 4.90 Å². The van der Waals surface area contributed by atoms with E-state index in [1.54, 1.807) is 25.2 Å². The molecule has 1 N–H and O–H groups in total. The summed E-state index contributed by atoms with van der Waals surface area (Å²) in [7, 11) is 1.66. The number of hydrogen-bond acceptors (Lipinski definition) is 7. The first-order valence-corrected chi connectivity index (χ1v) is 14.0. The van der Waals surface area contributed by atoms with Crippen molar-refractivity contribution in [2.75, 3.05) is 54.9 Å². The fraction of sp³-hybridized carbons (Fsp3) is 0.406. The van der Waals surface area contributed by atoms with Crippen LogP contribution in [-0.4, -0.2) is 68.1 Å². The minimum Gasteiger partial charge on any atom is -0.459 e. The third-order valence-corrected chi connectivity index (χ3v) is 6.99. The summed E-state index contributed by atoms with van der Waals surface area (Å²) in [4.78, 5) is 44.3. The Morgan fingerprint density at radius 3 is 2.27 bits per heavy atom. The fourth-order valence-electron chi connectivity index (χ4n) is 4.84. The maximum Gasteiger partial charge on any atom is 0.410 e. The summed E-state index contributed by atoms with van der Waals surface area (Å²) in [6, 6.07) is 17.1. The Kier molecular flexibility index (Phi) is 9.37. The van der Waals surface area contributed by atoms with Gasteiger partial charge in [0.15, 0.2) is 11.5 Å². The predicted molar refractivity (Wildman–Crippen MR) is 161 cm³/mol. The molecule has 0 atom stereocenters. The van der Waals surface area contributed by atoms with Crippen molar-refractivity contribution in [3.8, 4) is 0 Å². The number of hydrogen-bond donors (Lipinski definition) is 1. The molecular weight excluding hydrogens is 520 g/mol. The van der Waals surface area contributed by atoms with E-state index in [-0.39, 0.29) is 23.9 Å². The van der Waals surface area contributed by atoms with Crippen LogP contribution in [0.2, 0.25) is 0 Å². The second-order valence-corrected chi connectivity index (χ2v) is 11.4. The molecule has 0 unspecified atom stereocenters. The quantitative estimate of drug-likeness (QED) is 0.321. The number of para-hydroxylation sites is 1. The number of carbonyl (C=O) groups is 3. The summed E-state index contributed by atoms with van der Waals surface area (Å²) >= 11 is 0. The van der Waals surface area contributed by atoms with Crippen molar-refractivity contribution in [1.29, 1.82) is 0 Å². The Morgan fingerprint density at radius 1 is 0.951 bits per heavy atom. The third-order valence-electron chi connectivity index (χ3n) is 6.99. The highest BCUT2D eigenvalue weighted by atomic mass is 16.6. The SMILES string of the molecule is Cc1ccccc1N1CCN(c2ccc(C(=O)CCCN(C)C(=O)OC(C)(C)C)cc2NC(=O)c2ccco2)CC1. The lowest BCUT2D eigenvalue weighted by Gasteiger charge is -2.38. The van der Waals surface area contributed by atoms with E-state index in [9.17, 15) is 14.4 Å². The number of nitrogens with zero attached hydrogens (tertiary/aromatic N) is 3. The summed E-state index contributed by atoms with van der Waals surface area (Å²) in [5.74, 6) is -0.243. The molecule has 2 aromatic carbocycles. The highest BCUT2D eigenvalue weighted by Gasteiger charge is 2.23. The summed E-state index contributed by atoms with van der Waals surface area (Å²) in [6.07, 6.45) is 1.78. The van der Waals surface area contributed by atoms with Gasteiger partial charge in [-0.05, 0) is 76.1 Å². The number of piperazine rings is 1. The standard InChI is InChI=1S/C32H40N4O5/c1-23-10-6-7-11-26(23)35-17-19-36(20-18-35)27-15-14-24(22-25(27)33-30(38)29-13-9-21-40-29)28(37)12-8-16-34(5)31(39)41-32(2,3)4/h6-7,9-11,13-15,21-22H,8,12,16-20H2,1-5H3,(H,33,38). The van der Waals surface area contributed by atoms with Gasteiger partial charge in [0, 0.05) is 57.4 Å². The second-order valence-electron chi connectivity index (χ2n) is 11.4. The normalized spacial score (nSPS) is 13.6. The zero-order valence-corrected chi connectivity index (χ0v) is 24.6. The zero-order valence-electron chi connectivity index (χ0n) is 24.6. The summed E-state index contributed by atoms with van der Waals surface area (Å²) in [6.45, 7) is 11.2. The summed E-state index contributed by atoms with van der Waals surface area (Å²) in [5, 5.41) is 2.96. The van der Waals surface area contributed by atoms with Crippen molar-refractivity contribution in [3.05, 3.63) is 77.7 Å². The molecule has 1 saturated heterocycles. The van der Waals surface area contributed by atoms with Gasteiger partial charge in [0.1, 0.15) is 5.60 Å². The van der Waals surface area contributed by atoms with Gasteiger partial charge < -0.3 is 29.2 Å². The summed E-state index contributed by atoms with van der Waals surface area (Å²) < 4.78 is 10.7. The van der Waals surface area contributed by atoms with Crippen molar-refractivity contribution < 1.29 is 23.5 Å². The highest BCUT2D eigenvalue weighted by Crippen LogP contribution is 2.31. The van der Waals surface area contributed by atoms with Crippen LogP contribution in [0.25, 0.3) is 0 Å². The van der Waals surface area contributed by atoms with Crippen LogP contribution in [0, 0.1) is 6.92 Å². The predicted octanol–water partition coefficient (Wildman–Crippen LogP) is 6.00. The largest absolute Gasteiger partial charge is 0.459 e. The molecule has 2 heterocycles. The fourth-order valence-corrected chi connectivity index (χ4v) is 4.84. The van der Waals surface area contributed by atoms with Gasteiger partial charge in [-0.25, -0.2) is 4.79 Å². The van der Waals surface area contributed by atoms with Gasteiger partial charge in [-0.15, -0.1) is 0 Å². The number of carbonyl (C=O) groups excluding carboxylic acids is 3. The van der Waals surface area contributed by atoms with Gasteiger partial charge in [0.2, 0.25) is 0 Å². The van der Waals surface area contributed by atoms with Crippen LogP contribution >= 0.6 is 0 Å². The molecule has 9 nitrogen and oxygen atoms in total. The second kappa shape index (κ2) is 12.9. The Balaban J connectivity index is 1.45. The first-order chi connectivity index (χ1) is 19.5. The molecule has 0 saturated carbocycles. The maximum absolute atomic E-state index is 13.1. The van der Waals surface area contributed by atoms with E-state index >= 15 is 0 Å². The van der Waals surface area contributed by atoms with E-state index in [1.165, 1.54) is 22.4 Å². The monoisotopic (exact) mass is 560 g/mol. The number of rotatable bonds is 9. The average Bonchev–Trinajstić information content (AvgIpc) is 3.48. The first kappa shape index (κ1) is 29.7. The number of benzene rings is 2. The van der Waals surface area contributed by atoms with Gasteiger partial charge >= 0.3 is 6.09 Å². The van der Waals surface area contributed by atoms with Crippen molar-refractivity contribution in [2.24, 2.45) is 0 Å². The molecule has 0 aliphatic carbocycles. The molecule has 0 radical (unpaired) electrons. The van der Waals surface area contributed by atoms with Crippen LogP contribution < -0.4 is 15.1 Å². The van der Waals surface area contributed by atoms with Gasteiger partial charge in [-0.3, -0.25) is 9.59 Å². The zero-order chi connectivity index (χ0) is 29.6. The molecule has 4 rings (SSSR count). The van der Waals surface area contributed by atoms with Crippen LogP contribution in [-0.2, 0) is 4.74 Å². The number of anilines is 3. The Labute approximate surface area is 242 Å². The maximum atomic E-state index is 13.1. The molecular formula is C32H40N4O5.